The number of aromatic carboxylic acids is 1. The quantitative estimate of drug-likeness (QED) is 0.762. The lowest BCUT2D eigenvalue weighted by atomic mass is 10.3. The number of rotatable bonds is 2. The molecule has 0 amide bonds. The van der Waals surface area contributed by atoms with Crippen molar-refractivity contribution >= 4 is 17.1 Å². The van der Waals surface area contributed by atoms with Crippen LogP contribution < -0.4 is 0 Å². The number of nitrogens with zero attached hydrogens (tertiary/aromatic N) is 1. The van der Waals surface area contributed by atoms with Crippen molar-refractivity contribution in [3.05, 3.63) is 17.6 Å². The fraction of sp³-hybridized carbons (Fsp3) is 0.250. The molecule has 1 N–H and O–H groups in total. The van der Waals surface area contributed by atoms with Crippen molar-refractivity contribution in [3.63, 3.8) is 0 Å². The largest absolute Gasteiger partial charge is 0.475 e. The van der Waals surface area contributed by atoms with Crippen LogP contribution in [0, 0.1) is 0 Å². The first-order chi connectivity index (χ1) is 6.22. The van der Waals surface area contributed by atoms with Gasteiger partial charge in [-0.15, -0.1) is 0 Å². The van der Waals surface area contributed by atoms with Crippen LogP contribution in [0.1, 0.15) is 23.2 Å². The van der Waals surface area contributed by atoms with Gasteiger partial charge in [-0.05, 0) is 0 Å². The summed E-state index contributed by atoms with van der Waals surface area (Å²) in [5.41, 5.74) is 0.665. The Bertz CT molecular complexity index is 454. The summed E-state index contributed by atoms with van der Waals surface area (Å²) in [5, 5.41) is 12.2. The molecule has 2 aromatic heterocycles. The van der Waals surface area contributed by atoms with Gasteiger partial charge in [0.15, 0.2) is 5.52 Å². The summed E-state index contributed by atoms with van der Waals surface area (Å²) in [6, 6.07) is 1.67. The summed E-state index contributed by atoms with van der Waals surface area (Å²) in [6.07, 6.45) is 0.704. The van der Waals surface area contributed by atoms with Crippen LogP contribution in [-0.2, 0) is 6.42 Å². The van der Waals surface area contributed by atoms with Crippen molar-refractivity contribution in [1.82, 2.24) is 5.16 Å². The Labute approximate surface area is 72.9 Å². The zero-order valence-corrected chi connectivity index (χ0v) is 6.90. The van der Waals surface area contributed by atoms with Crippen LogP contribution in [-0.4, -0.2) is 16.2 Å². The molecule has 0 unspecified atom stereocenters. The number of aromatic nitrogens is 1. The van der Waals surface area contributed by atoms with Crippen LogP contribution in [0.2, 0.25) is 0 Å². The van der Waals surface area contributed by atoms with Gasteiger partial charge in [-0.1, -0.05) is 12.1 Å². The number of carboxylic acid groups (broad SMARTS) is 1. The highest BCUT2D eigenvalue weighted by Crippen LogP contribution is 2.22. The summed E-state index contributed by atoms with van der Waals surface area (Å²) < 4.78 is 9.79. The smallest absolute Gasteiger partial charge is 0.378 e. The van der Waals surface area contributed by atoms with E-state index in [0.717, 1.165) is 0 Å². The van der Waals surface area contributed by atoms with Gasteiger partial charge in [0.1, 0.15) is 5.76 Å². The van der Waals surface area contributed by atoms with Gasteiger partial charge >= 0.3 is 5.97 Å². The number of furan rings is 1. The second kappa shape index (κ2) is 2.62. The molecule has 0 aromatic carbocycles. The van der Waals surface area contributed by atoms with Gasteiger partial charge in [0.25, 0.3) is 5.76 Å². The van der Waals surface area contributed by atoms with Crippen LogP contribution in [0.3, 0.4) is 0 Å². The molecule has 0 radical (unpaired) electrons. The van der Waals surface area contributed by atoms with E-state index in [4.69, 9.17) is 9.52 Å². The third-order valence-electron chi connectivity index (χ3n) is 1.75. The van der Waals surface area contributed by atoms with Crippen LogP contribution in [0.15, 0.2) is 15.0 Å². The number of aryl methyl sites for hydroxylation is 1. The summed E-state index contributed by atoms with van der Waals surface area (Å²) in [5.74, 6) is -0.704. The fourth-order valence-electron chi connectivity index (χ4n) is 1.11. The van der Waals surface area contributed by atoms with Crippen LogP contribution >= 0.6 is 0 Å². The summed E-state index contributed by atoms with van der Waals surface area (Å²) in [6.45, 7) is 1.91. The van der Waals surface area contributed by atoms with Crippen LogP contribution in [0.5, 0.6) is 0 Å². The first-order valence-electron chi connectivity index (χ1n) is 3.83. The molecule has 68 valence electrons. The molecule has 13 heavy (non-hydrogen) atoms. The molecule has 2 rings (SSSR count). The molecule has 2 aromatic rings. The highest BCUT2D eigenvalue weighted by atomic mass is 16.5. The molecule has 0 aliphatic rings. The molecule has 5 nitrogen and oxygen atoms in total. The average molecular weight is 181 g/mol. The SMILES string of the molecule is CCc1cc2noc(C(=O)O)c2o1. The third-order valence-corrected chi connectivity index (χ3v) is 1.75. The van der Waals surface area contributed by atoms with Crippen LogP contribution in [0.25, 0.3) is 11.1 Å². The monoisotopic (exact) mass is 181 g/mol. The topological polar surface area (TPSA) is 76.5 Å². The second-order valence-electron chi connectivity index (χ2n) is 2.60. The zero-order chi connectivity index (χ0) is 9.42. The van der Waals surface area contributed by atoms with E-state index in [9.17, 15) is 4.79 Å². The second-order valence-corrected chi connectivity index (χ2v) is 2.60. The highest BCUT2D eigenvalue weighted by Gasteiger charge is 2.19. The maximum atomic E-state index is 10.6. The molecule has 0 fully saturated rings. The minimum Gasteiger partial charge on any atom is -0.475 e. The molecule has 0 saturated carbocycles. The van der Waals surface area contributed by atoms with E-state index in [1.165, 1.54) is 0 Å². The predicted octanol–water partition coefficient (Wildman–Crippen LogP) is 1.68. The Kier molecular flexibility index (Phi) is 1.58. The number of fused-ring (bicyclic) bond motifs is 1. The third kappa shape index (κ3) is 1.09. The lowest BCUT2D eigenvalue weighted by molar-refractivity contribution is 0.0653. The maximum Gasteiger partial charge on any atom is 0.378 e. The van der Waals surface area contributed by atoms with E-state index in [1.54, 1.807) is 6.07 Å². The molecule has 0 saturated heterocycles. The standard InChI is InChI=1S/C8H7NO4/c1-2-4-3-5-6(12-4)7(8(10)11)13-9-5/h3H,2H2,1H3,(H,10,11). The number of hydrogen-bond acceptors (Lipinski definition) is 4. The van der Waals surface area contributed by atoms with Gasteiger partial charge in [0.2, 0.25) is 5.58 Å². The van der Waals surface area contributed by atoms with Crippen molar-refractivity contribution in [3.8, 4) is 0 Å². The molecular formula is C8H7NO4. The fourth-order valence-corrected chi connectivity index (χ4v) is 1.11. The van der Waals surface area contributed by atoms with Gasteiger partial charge in [-0.2, -0.15) is 0 Å². The van der Waals surface area contributed by atoms with E-state index < -0.39 is 5.97 Å². The Morgan fingerprint density at radius 2 is 2.46 bits per heavy atom. The summed E-state index contributed by atoms with van der Waals surface area (Å²) in [4.78, 5) is 10.6. The number of carboxylic acids is 1. The van der Waals surface area contributed by atoms with Crippen molar-refractivity contribution in [1.29, 1.82) is 0 Å². The zero-order valence-electron chi connectivity index (χ0n) is 6.90. The number of hydrogen-bond donors (Lipinski definition) is 1. The summed E-state index contributed by atoms with van der Waals surface area (Å²) in [7, 11) is 0. The Morgan fingerprint density at radius 1 is 1.69 bits per heavy atom. The molecule has 0 spiro atoms. The van der Waals surface area contributed by atoms with Crippen molar-refractivity contribution in [2.75, 3.05) is 0 Å². The first-order valence-corrected chi connectivity index (χ1v) is 3.83. The normalized spacial score (nSPS) is 10.8. The van der Waals surface area contributed by atoms with Crippen molar-refractivity contribution in [2.45, 2.75) is 13.3 Å². The first kappa shape index (κ1) is 7.85. The van der Waals surface area contributed by atoms with Crippen molar-refractivity contribution < 1.29 is 18.8 Å². The molecule has 0 atom stereocenters. The predicted molar refractivity (Wildman–Crippen MR) is 42.6 cm³/mol. The van der Waals surface area contributed by atoms with Gasteiger partial charge < -0.3 is 14.0 Å². The molecule has 2 heterocycles. The van der Waals surface area contributed by atoms with E-state index in [2.05, 4.69) is 9.68 Å². The minimum absolute atomic E-state index is 0.212. The van der Waals surface area contributed by atoms with Gasteiger partial charge in [-0.3, -0.25) is 0 Å². The highest BCUT2D eigenvalue weighted by molar-refractivity contribution is 5.97. The Morgan fingerprint density at radius 3 is 3.08 bits per heavy atom. The van der Waals surface area contributed by atoms with E-state index in [-0.39, 0.29) is 11.3 Å². The lowest BCUT2D eigenvalue weighted by Crippen LogP contribution is -1.92. The Hall–Kier alpha value is -1.78. The van der Waals surface area contributed by atoms with Crippen molar-refractivity contribution in [2.24, 2.45) is 0 Å². The minimum atomic E-state index is -1.17. The molecule has 0 aliphatic carbocycles. The maximum absolute atomic E-state index is 10.6. The van der Waals surface area contributed by atoms with E-state index in [1.807, 2.05) is 6.92 Å². The van der Waals surface area contributed by atoms with Gasteiger partial charge in [-0.25, -0.2) is 4.79 Å². The number of carbonyl (C=O) groups is 1. The molecule has 0 aliphatic heterocycles. The average Bonchev–Trinajstić information content (AvgIpc) is 2.59. The van der Waals surface area contributed by atoms with E-state index in [0.29, 0.717) is 17.7 Å². The van der Waals surface area contributed by atoms with Crippen LogP contribution in [0.4, 0.5) is 0 Å². The Balaban J connectivity index is 2.65. The van der Waals surface area contributed by atoms with Gasteiger partial charge in [0.05, 0.1) is 0 Å². The van der Waals surface area contributed by atoms with E-state index >= 15 is 0 Å². The molecule has 5 heteroatoms. The lowest BCUT2D eigenvalue weighted by Gasteiger charge is -1.85. The summed E-state index contributed by atoms with van der Waals surface area (Å²) >= 11 is 0. The van der Waals surface area contributed by atoms with Gasteiger partial charge in [0, 0.05) is 12.5 Å². The molecule has 0 bridgehead atoms. The molecular weight excluding hydrogens is 174 g/mol.